The molecule has 0 atom stereocenters. The minimum atomic E-state index is -0.191. The third-order valence-electron chi connectivity index (χ3n) is 4.04. The van der Waals surface area contributed by atoms with Gasteiger partial charge in [-0.2, -0.15) is 0 Å². The van der Waals surface area contributed by atoms with Crippen LogP contribution in [0, 0.1) is 0 Å². The predicted octanol–water partition coefficient (Wildman–Crippen LogP) is 3.13. The van der Waals surface area contributed by atoms with E-state index >= 15 is 0 Å². The number of carbonyl (C=O) groups excluding carboxylic acids is 2. The summed E-state index contributed by atoms with van der Waals surface area (Å²) >= 11 is 5.99. The zero-order valence-corrected chi connectivity index (χ0v) is 15.3. The Balaban J connectivity index is 1.63. The molecule has 1 heterocycles. The molecule has 134 valence electrons. The van der Waals surface area contributed by atoms with Crippen LogP contribution >= 0.6 is 11.6 Å². The fourth-order valence-corrected chi connectivity index (χ4v) is 2.78. The van der Waals surface area contributed by atoms with Crippen LogP contribution in [0.25, 0.3) is 6.08 Å². The van der Waals surface area contributed by atoms with Crippen molar-refractivity contribution in [3.8, 4) is 5.75 Å². The minimum absolute atomic E-state index is 0.0533. The van der Waals surface area contributed by atoms with Gasteiger partial charge < -0.3 is 15.0 Å². The second-order valence-corrected chi connectivity index (χ2v) is 6.66. The van der Waals surface area contributed by atoms with E-state index in [2.05, 4.69) is 5.32 Å². The monoisotopic (exact) mass is 370 g/mol. The molecule has 3 rings (SSSR count). The first-order valence-corrected chi connectivity index (χ1v) is 8.53. The molecule has 2 aromatic carbocycles. The van der Waals surface area contributed by atoms with Gasteiger partial charge in [0.2, 0.25) is 0 Å². The van der Waals surface area contributed by atoms with Crippen LogP contribution in [0.15, 0.2) is 48.0 Å². The number of fused-ring (bicyclic) bond motifs is 1. The molecule has 0 bridgehead atoms. The Morgan fingerprint density at radius 2 is 1.88 bits per heavy atom. The highest BCUT2D eigenvalue weighted by molar-refractivity contribution is 6.30. The van der Waals surface area contributed by atoms with E-state index in [0.29, 0.717) is 28.5 Å². The molecule has 1 aliphatic rings. The molecule has 0 saturated carbocycles. The third kappa shape index (κ3) is 4.06. The molecule has 0 radical (unpaired) electrons. The van der Waals surface area contributed by atoms with Gasteiger partial charge in [0.1, 0.15) is 12.4 Å². The summed E-state index contributed by atoms with van der Waals surface area (Å²) in [6.45, 7) is 0.589. The minimum Gasteiger partial charge on any atom is -0.488 e. The van der Waals surface area contributed by atoms with E-state index < -0.39 is 0 Å². The molecule has 1 aliphatic heterocycles. The Labute approximate surface area is 157 Å². The molecular formula is C20H19ClN2O3. The van der Waals surface area contributed by atoms with Gasteiger partial charge in [0.15, 0.2) is 0 Å². The summed E-state index contributed by atoms with van der Waals surface area (Å²) in [7, 11) is 3.42. The van der Waals surface area contributed by atoms with Gasteiger partial charge in [-0.3, -0.25) is 9.59 Å². The summed E-state index contributed by atoms with van der Waals surface area (Å²) in [6.07, 6.45) is 1.79. The standard InChI is InChI=1S/C20H19ClN2O3/c1-23(2)20(25)14-5-3-13(4-6-14)11-22-19(24)16-9-15-10-17(21)7-8-18(15)26-12-16/h3-10H,11-12H2,1-2H3,(H,22,24). The average Bonchev–Trinajstić information content (AvgIpc) is 2.65. The molecule has 2 aromatic rings. The third-order valence-corrected chi connectivity index (χ3v) is 4.27. The lowest BCUT2D eigenvalue weighted by atomic mass is 10.1. The number of carbonyl (C=O) groups is 2. The van der Waals surface area contributed by atoms with E-state index in [1.165, 1.54) is 4.90 Å². The zero-order chi connectivity index (χ0) is 18.7. The van der Waals surface area contributed by atoms with Crippen molar-refractivity contribution in [3.63, 3.8) is 0 Å². The van der Waals surface area contributed by atoms with E-state index in [-0.39, 0.29) is 18.4 Å². The first-order valence-electron chi connectivity index (χ1n) is 8.16. The largest absolute Gasteiger partial charge is 0.488 e. The molecule has 26 heavy (non-hydrogen) atoms. The van der Waals surface area contributed by atoms with Crippen LogP contribution in [-0.4, -0.2) is 37.4 Å². The molecule has 1 N–H and O–H groups in total. The number of hydrogen-bond acceptors (Lipinski definition) is 3. The highest BCUT2D eigenvalue weighted by atomic mass is 35.5. The molecule has 6 heteroatoms. The Hall–Kier alpha value is -2.79. The molecule has 0 fully saturated rings. The lowest BCUT2D eigenvalue weighted by Crippen LogP contribution is -2.28. The van der Waals surface area contributed by atoms with Gasteiger partial charge in [0.05, 0.1) is 5.57 Å². The van der Waals surface area contributed by atoms with Gasteiger partial charge in [0, 0.05) is 36.8 Å². The van der Waals surface area contributed by atoms with Crippen molar-refractivity contribution in [2.24, 2.45) is 0 Å². The van der Waals surface area contributed by atoms with Crippen LogP contribution in [0.2, 0.25) is 5.02 Å². The van der Waals surface area contributed by atoms with Crippen molar-refractivity contribution >= 4 is 29.5 Å². The summed E-state index contributed by atoms with van der Waals surface area (Å²) in [4.78, 5) is 25.8. The van der Waals surface area contributed by atoms with E-state index in [1.807, 2.05) is 12.1 Å². The summed E-state index contributed by atoms with van der Waals surface area (Å²) < 4.78 is 5.60. The Kier molecular flexibility index (Phi) is 5.28. The lowest BCUT2D eigenvalue weighted by molar-refractivity contribution is -0.117. The van der Waals surface area contributed by atoms with Crippen LogP contribution in [0.1, 0.15) is 21.5 Å². The van der Waals surface area contributed by atoms with Crippen LogP contribution in [0.4, 0.5) is 0 Å². The summed E-state index contributed by atoms with van der Waals surface area (Å²) in [5, 5.41) is 3.47. The molecule has 2 amide bonds. The van der Waals surface area contributed by atoms with E-state index in [0.717, 1.165) is 11.1 Å². The van der Waals surface area contributed by atoms with Crippen LogP contribution in [0.5, 0.6) is 5.75 Å². The van der Waals surface area contributed by atoms with Gasteiger partial charge in [-0.15, -0.1) is 0 Å². The summed E-state index contributed by atoms with van der Waals surface area (Å²) in [5.41, 5.74) is 2.86. The summed E-state index contributed by atoms with van der Waals surface area (Å²) in [6, 6.07) is 12.5. The average molecular weight is 371 g/mol. The van der Waals surface area contributed by atoms with Crippen molar-refractivity contribution in [1.82, 2.24) is 10.2 Å². The number of nitrogens with zero attached hydrogens (tertiary/aromatic N) is 1. The second-order valence-electron chi connectivity index (χ2n) is 6.22. The van der Waals surface area contributed by atoms with Crippen molar-refractivity contribution in [2.45, 2.75) is 6.54 Å². The van der Waals surface area contributed by atoms with Crippen molar-refractivity contribution in [1.29, 1.82) is 0 Å². The van der Waals surface area contributed by atoms with Gasteiger partial charge in [0.25, 0.3) is 11.8 Å². The quantitative estimate of drug-likeness (QED) is 0.899. The maximum absolute atomic E-state index is 12.4. The van der Waals surface area contributed by atoms with Gasteiger partial charge >= 0.3 is 0 Å². The normalized spacial score (nSPS) is 12.5. The Morgan fingerprint density at radius 1 is 1.15 bits per heavy atom. The number of benzene rings is 2. The molecule has 5 nitrogen and oxygen atoms in total. The van der Waals surface area contributed by atoms with E-state index in [9.17, 15) is 9.59 Å². The highest BCUT2D eigenvalue weighted by Gasteiger charge is 2.17. The highest BCUT2D eigenvalue weighted by Crippen LogP contribution is 2.28. The second kappa shape index (κ2) is 7.62. The molecular weight excluding hydrogens is 352 g/mol. The molecule has 0 spiro atoms. The molecule has 0 aliphatic carbocycles. The van der Waals surface area contributed by atoms with Gasteiger partial charge in [-0.05, 0) is 42.0 Å². The number of halogens is 1. The van der Waals surface area contributed by atoms with Crippen molar-refractivity contribution in [2.75, 3.05) is 20.7 Å². The number of amides is 2. The number of ether oxygens (including phenoxy) is 1. The van der Waals surface area contributed by atoms with Crippen molar-refractivity contribution in [3.05, 3.63) is 69.8 Å². The van der Waals surface area contributed by atoms with E-state index in [1.54, 1.807) is 50.5 Å². The van der Waals surface area contributed by atoms with Gasteiger partial charge in [-0.25, -0.2) is 0 Å². The number of hydrogen-bond donors (Lipinski definition) is 1. The van der Waals surface area contributed by atoms with Crippen LogP contribution < -0.4 is 10.1 Å². The smallest absolute Gasteiger partial charge is 0.253 e. The molecule has 0 saturated heterocycles. The van der Waals surface area contributed by atoms with E-state index in [4.69, 9.17) is 16.3 Å². The number of nitrogens with one attached hydrogen (secondary N) is 1. The van der Waals surface area contributed by atoms with Crippen molar-refractivity contribution < 1.29 is 14.3 Å². The first kappa shape index (κ1) is 18.0. The Bertz CT molecular complexity index is 873. The molecule has 0 unspecified atom stereocenters. The van der Waals surface area contributed by atoms with Crippen LogP contribution in [0.3, 0.4) is 0 Å². The number of rotatable bonds is 4. The topological polar surface area (TPSA) is 58.6 Å². The Morgan fingerprint density at radius 3 is 2.58 bits per heavy atom. The first-order chi connectivity index (χ1) is 12.4. The van der Waals surface area contributed by atoms with Gasteiger partial charge in [-0.1, -0.05) is 23.7 Å². The maximum atomic E-state index is 12.4. The molecule has 0 aromatic heterocycles. The van der Waals surface area contributed by atoms with Crippen LogP contribution in [-0.2, 0) is 11.3 Å². The summed E-state index contributed by atoms with van der Waals surface area (Å²) in [5.74, 6) is 0.471. The SMILES string of the molecule is CN(C)C(=O)c1ccc(CNC(=O)C2=Cc3cc(Cl)ccc3OC2)cc1. The fourth-order valence-electron chi connectivity index (χ4n) is 2.60. The zero-order valence-electron chi connectivity index (χ0n) is 14.6. The fraction of sp³-hybridized carbons (Fsp3) is 0.200. The maximum Gasteiger partial charge on any atom is 0.253 e. The lowest BCUT2D eigenvalue weighted by Gasteiger charge is -2.18. The predicted molar refractivity (Wildman–Crippen MR) is 101 cm³/mol.